The van der Waals surface area contributed by atoms with Crippen LogP contribution in [0.4, 0.5) is 0 Å². The molecule has 8 heteroatoms. The van der Waals surface area contributed by atoms with Gasteiger partial charge in [-0.3, -0.25) is 4.98 Å². The van der Waals surface area contributed by atoms with Gasteiger partial charge in [-0.05, 0) is 31.7 Å². The summed E-state index contributed by atoms with van der Waals surface area (Å²) in [6.07, 6.45) is 5.94. The fourth-order valence-electron chi connectivity index (χ4n) is 2.06. The number of halogens is 2. The van der Waals surface area contributed by atoms with Gasteiger partial charge < -0.3 is 5.73 Å². The van der Waals surface area contributed by atoms with Gasteiger partial charge >= 0.3 is 0 Å². The number of nitrogens with zero attached hydrogens (tertiary/aromatic N) is 1. The second kappa shape index (κ2) is 6.85. The van der Waals surface area contributed by atoms with Gasteiger partial charge in [0.2, 0.25) is 10.0 Å². The van der Waals surface area contributed by atoms with Crippen molar-refractivity contribution in [1.29, 1.82) is 0 Å². The Morgan fingerprint density at radius 3 is 2.47 bits per heavy atom. The third kappa shape index (κ3) is 4.57. The molecule has 1 aromatic rings. The smallest absolute Gasteiger partial charge is 0.242 e. The molecule has 108 valence electrons. The first kappa shape index (κ1) is 16.7. The van der Waals surface area contributed by atoms with Crippen molar-refractivity contribution in [2.45, 2.75) is 42.7 Å². The third-order valence-electron chi connectivity index (χ3n) is 3.08. The highest BCUT2D eigenvalue weighted by Crippen LogP contribution is 2.20. The fourth-order valence-corrected chi connectivity index (χ4v) is 3.59. The summed E-state index contributed by atoms with van der Waals surface area (Å²) in [5, 5.41) is 0.309. The first-order valence-electron chi connectivity index (χ1n) is 5.86. The van der Waals surface area contributed by atoms with Crippen LogP contribution in [0.3, 0.4) is 0 Å². The van der Waals surface area contributed by atoms with Crippen LogP contribution in [0.15, 0.2) is 23.4 Å². The number of nitrogens with one attached hydrogen (secondary N) is 1. The van der Waals surface area contributed by atoms with Crippen LogP contribution in [-0.2, 0) is 10.0 Å². The summed E-state index contributed by atoms with van der Waals surface area (Å²) in [6.45, 7) is 0. The molecule has 19 heavy (non-hydrogen) atoms. The zero-order valence-corrected chi connectivity index (χ0v) is 12.6. The largest absolute Gasteiger partial charge is 0.328 e. The molecular weight excluding hydrogens is 309 g/mol. The molecule has 1 aliphatic rings. The van der Waals surface area contributed by atoms with Crippen LogP contribution >= 0.6 is 24.0 Å². The number of nitrogens with two attached hydrogens (primary N) is 1. The Bertz CT molecular complexity index is 516. The summed E-state index contributed by atoms with van der Waals surface area (Å²) in [6, 6.07) is 1.54. The number of rotatable bonds is 3. The van der Waals surface area contributed by atoms with Gasteiger partial charge in [0.05, 0.1) is 5.02 Å². The molecule has 5 nitrogen and oxygen atoms in total. The molecule has 0 unspecified atom stereocenters. The summed E-state index contributed by atoms with van der Waals surface area (Å²) in [7, 11) is -3.54. The van der Waals surface area contributed by atoms with E-state index in [1.165, 1.54) is 18.5 Å². The topological polar surface area (TPSA) is 85.1 Å². The monoisotopic (exact) mass is 325 g/mol. The van der Waals surface area contributed by atoms with Crippen LogP contribution in [0.25, 0.3) is 0 Å². The van der Waals surface area contributed by atoms with E-state index in [-0.39, 0.29) is 29.4 Å². The molecule has 0 aromatic carbocycles. The molecule has 2 rings (SSSR count). The van der Waals surface area contributed by atoms with Crippen LogP contribution in [-0.4, -0.2) is 25.5 Å². The Hall–Kier alpha value is -0.400. The molecule has 0 radical (unpaired) electrons. The standard InChI is InChI=1S/C11H16ClN3O2S.ClH/c12-8-5-11(7-14-6-8)18(16,17)15-10-3-1-9(13)2-4-10;/h5-7,9-10,15H,1-4,13H2;1H. The summed E-state index contributed by atoms with van der Waals surface area (Å²) in [5.41, 5.74) is 5.79. The summed E-state index contributed by atoms with van der Waals surface area (Å²) < 4.78 is 26.9. The van der Waals surface area contributed by atoms with Gasteiger partial charge in [0.15, 0.2) is 0 Å². The predicted molar refractivity (Wildman–Crippen MR) is 77.0 cm³/mol. The highest BCUT2D eigenvalue weighted by atomic mass is 35.5. The lowest BCUT2D eigenvalue weighted by Crippen LogP contribution is -2.40. The summed E-state index contributed by atoms with van der Waals surface area (Å²) in [4.78, 5) is 3.89. The lowest BCUT2D eigenvalue weighted by Gasteiger charge is -2.26. The molecule has 1 saturated carbocycles. The number of pyridine rings is 1. The van der Waals surface area contributed by atoms with Crippen molar-refractivity contribution < 1.29 is 8.42 Å². The molecule has 1 heterocycles. The minimum atomic E-state index is -3.54. The number of hydrogen-bond acceptors (Lipinski definition) is 4. The van der Waals surface area contributed by atoms with Crippen molar-refractivity contribution in [3.8, 4) is 0 Å². The number of sulfonamides is 1. The Kier molecular flexibility index (Phi) is 6.01. The normalized spacial score (nSPS) is 23.7. The van der Waals surface area contributed by atoms with Gasteiger partial charge in [-0.2, -0.15) is 0 Å². The first-order valence-corrected chi connectivity index (χ1v) is 7.72. The third-order valence-corrected chi connectivity index (χ3v) is 4.78. The maximum Gasteiger partial charge on any atom is 0.242 e. The average molecular weight is 326 g/mol. The molecule has 0 amide bonds. The summed E-state index contributed by atoms with van der Waals surface area (Å²) in [5.74, 6) is 0. The maximum atomic E-state index is 12.1. The highest BCUT2D eigenvalue weighted by molar-refractivity contribution is 7.89. The molecule has 0 atom stereocenters. The van der Waals surface area contributed by atoms with E-state index in [9.17, 15) is 8.42 Å². The molecule has 0 bridgehead atoms. The lowest BCUT2D eigenvalue weighted by atomic mass is 9.93. The second-order valence-electron chi connectivity index (χ2n) is 4.57. The molecule has 0 spiro atoms. The van der Waals surface area contributed by atoms with Gasteiger partial charge in [0.1, 0.15) is 4.90 Å². The SMILES string of the molecule is Cl.NC1CCC(NS(=O)(=O)c2cncc(Cl)c2)CC1. The van der Waals surface area contributed by atoms with E-state index in [0.717, 1.165) is 25.7 Å². The lowest BCUT2D eigenvalue weighted by molar-refractivity contribution is 0.373. The van der Waals surface area contributed by atoms with Crippen LogP contribution in [0.2, 0.25) is 5.02 Å². The zero-order chi connectivity index (χ0) is 13.2. The van der Waals surface area contributed by atoms with E-state index in [0.29, 0.717) is 5.02 Å². The molecule has 0 saturated heterocycles. The molecular formula is C11H17Cl2N3O2S. The Morgan fingerprint density at radius 2 is 1.89 bits per heavy atom. The van der Waals surface area contributed by atoms with Crippen molar-refractivity contribution in [2.75, 3.05) is 0 Å². The maximum absolute atomic E-state index is 12.1. The molecule has 1 aliphatic carbocycles. The van der Waals surface area contributed by atoms with Crippen molar-refractivity contribution in [1.82, 2.24) is 9.71 Å². The van der Waals surface area contributed by atoms with Crippen molar-refractivity contribution in [2.24, 2.45) is 5.73 Å². The quantitative estimate of drug-likeness (QED) is 0.885. The second-order valence-corrected chi connectivity index (χ2v) is 6.72. The van der Waals surface area contributed by atoms with Crippen molar-refractivity contribution in [3.05, 3.63) is 23.5 Å². The van der Waals surface area contributed by atoms with Crippen LogP contribution in [0, 0.1) is 0 Å². The van der Waals surface area contributed by atoms with Crippen LogP contribution in [0.5, 0.6) is 0 Å². The highest BCUT2D eigenvalue weighted by Gasteiger charge is 2.24. The van der Waals surface area contributed by atoms with E-state index in [2.05, 4.69) is 9.71 Å². The van der Waals surface area contributed by atoms with E-state index < -0.39 is 10.0 Å². The molecule has 0 aliphatic heterocycles. The Balaban J connectivity index is 0.00000180. The predicted octanol–water partition coefficient (Wildman–Crippen LogP) is 1.71. The van der Waals surface area contributed by atoms with Gasteiger partial charge in [-0.25, -0.2) is 13.1 Å². The van der Waals surface area contributed by atoms with Gasteiger partial charge in [0.25, 0.3) is 0 Å². The summed E-state index contributed by atoms with van der Waals surface area (Å²) >= 11 is 5.74. The van der Waals surface area contributed by atoms with Crippen molar-refractivity contribution >= 4 is 34.0 Å². The molecule has 1 aromatic heterocycles. The van der Waals surface area contributed by atoms with Crippen LogP contribution < -0.4 is 10.5 Å². The molecule has 3 N–H and O–H groups in total. The van der Waals surface area contributed by atoms with E-state index in [1.54, 1.807) is 0 Å². The Labute approximate surface area is 124 Å². The van der Waals surface area contributed by atoms with Gasteiger partial charge in [-0.1, -0.05) is 11.6 Å². The minimum Gasteiger partial charge on any atom is -0.328 e. The number of aromatic nitrogens is 1. The Morgan fingerprint density at radius 1 is 1.26 bits per heavy atom. The van der Waals surface area contributed by atoms with Gasteiger partial charge in [0, 0.05) is 24.5 Å². The molecule has 1 fully saturated rings. The van der Waals surface area contributed by atoms with E-state index in [4.69, 9.17) is 17.3 Å². The fraction of sp³-hybridized carbons (Fsp3) is 0.545. The van der Waals surface area contributed by atoms with Crippen molar-refractivity contribution in [3.63, 3.8) is 0 Å². The van der Waals surface area contributed by atoms with Crippen LogP contribution in [0.1, 0.15) is 25.7 Å². The first-order chi connectivity index (χ1) is 8.47. The minimum absolute atomic E-state index is 0. The van der Waals surface area contributed by atoms with E-state index >= 15 is 0 Å². The number of hydrogen-bond donors (Lipinski definition) is 2. The van der Waals surface area contributed by atoms with Gasteiger partial charge in [-0.15, -0.1) is 12.4 Å². The van der Waals surface area contributed by atoms with E-state index in [1.807, 2.05) is 0 Å². The average Bonchev–Trinajstić information content (AvgIpc) is 2.32. The zero-order valence-electron chi connectivity index (χ0n) is 10.3.